The Hall–Kier alpha value is -1.14. The van der Waals surface area contributed by atoms with Gasteiger partial charge in [-0.05, 0) is 63.7 Å². The minimum absolute atomic E-state index is 0.0662. The quantitative estimate of drug-likeness (QED) is 0.886. The van der Waals surface area contributed by atoms with Gasteiger partial charge in [0, 0.05) is 6.04 Å². The van der Waals surface area contributed by atoms with Gasteiger partial charge >= 0.3 is 0 Å². The van der Waals surface area contributed by atoms with E-state index in [1.165, 1.54) is 11.3 Å². The van der Waals surface area contributed by atoms with Gasteiger partial charge in [-0.3, -0.25) is 4.79 Å². The van der Waals surface area contributed by atoms with Gasteiger partial charge in [0.15, 0.2) is 4.88 Å². The van der Waals surface area contributed by atoms with Crippen molar-refractivity contribution in [3.63, 3.8) is 0 Å². The highest BCUT2D eigenvalue weighted by atomic mass is 32.1. The summed E-state index contributed by atoms with van der Waals surface area (Å²) in [6.45, 7) is 4.30. The molecule has 4 bridgehead atoms. The first kappa shape index (κ1) is 15.4. The molecule has 6 heteroatoms. The van der Waals surface area contributed by atoms with E-state index in [2.05, 4.69) is 10.3 Å². The molecular formula is C17H24N2O3S. The molecule has 23 heavy (non-hydrogen) atoms. The number of hydrogen-bond acceptors (Lipinski definition) is 5. The molecule has 4 saturated carbocycles. The van der Waals surface area contributed by atoms with Gasteiger partial charge in [0.05, 0.1) is 17.2 Å². The lowest BCUT2D eigenvalue weighted by Gasteiger charge is -2.58. The number of amides is 1. The normalized spacial score (nSPS) is 37.9. The van der Waals surface area contributed by atoms with Crippen molar-refractivity contribution in [2.45, 2.75) is 57.6 Å². The van der Waals surface area contributed by atoms with Crippen molar-refractivity contribution in [2.75, 3.05) is 6.61 Å². The minimum Gasteiger partial charge on any atom is -0.477 e. The van der Waals surface area contributed by atoms with Crippen molar-refractivity contribution in [3.05, 3.63) is 9.88 Å². The van der Waals surface area contributed by atoms with Crippen molar-refractivity contribution in [1.82, 2.24) is 10.3 Å². The molecule has 5 nitrogen and oxygen atoms in total. The Bertz CT molecular complexity index is 613. The summed E-state index contributed by atoms with van der Waals surface area (Å²) in [4.78, 5) is 17.6. The molecule has 2 unspecified atom stereocenters. The van der Waals surface area contributed by atoms with E-state index in [1.54, 1.807) is 0 Å². The zero-order valence-corrected chi connectivity index (χ0v) is 14.5. The number of nitrogens with zero attached hydrogens (tertiary/aromatic N) is 1. The van der Waals surface area contributed by atoms with Crippen LogP contribution < -0.4 is 10.1 Å². The second kappa shape index (κ2) is 5.45. The van der Waals surface area contributed by atoms with Crippen LogP contribution in [0.5, 0.6) is 5.88 Å². The summed E-state index contributed by atoms with van der Waals surface area (Å²) >= 11 is 1.39. The SMILES string of the molecule is CCOc1nc(C)sc1C(=O)NC1C2CC3CC1CC(O)(C3)C2. The van der Waals surface area contributed by atoms with E-state index < -0.39 is 5.60 Å². The van der Waals surface area contributed by atoms with E-state index in [9.17, 15) is 9.90 Å². The lowest BCUT2D eigenvalue weighted by molar-refractivity contribution is -0.136. The number of thiazole rings is 1. The van der Waals surface area contributed by atoms with Crippen molar-refractivity contribution in [1.29, 1.82) is 0 Å². The van der Waals surface area contributed by atoms with Crippen LogP contribution in [0.25, 0.3) is 0 Å². The molecule has 5 rings (SSSR count). The Morgan fingerprint density at radius 1 is 1.39 bits per heavy atom. The summed E-state index contributed by atoms with van der Waals surface area (Å²) in [6.07, 6.45) is 4.92. The maximum atomic E-state index is 12.7. The van der Waals surface area contributed by atoms with Gasteiger partial charge in [0.1, 0.15) is 0 Å². The van der Waals surface area contributed by atoms with Crippen LogP contribution in [0.3, 0.4) is 0 Å². The van der Waals surface area contributed by atoms with Gasteiger partial charge in [-0.2, -0.15) is 0 Å². The van der Waals surface area contributed by atoms with Crippen molar-refractivity contribution in [3.8, 4) is 5.88 Å². The van der Waals surface area contributed by atoms with Gasteiger partial charge in [-0.1, -0.05) is 0 Å². The van der Waals surface area contributed by atoms with Crippen LogP contribution in [-0.4, -0.2) is 34.2 Å². The van der Waals surface area contributed by atoms with Crippen molar-refractivity contribution < 1.29 is 14.6 Å². The first-order valence-corrected chi connectivity index (χ1v) is 9.42. The zero-order valence-electron chi connectivity index (χ0n) is 13.7. The average molecular weight is 336 g/mol. The zero-order chi connectivity index (χ0) is 16.2. The molecule has 0 aliphatic heterocycles. The number of hydrogen-bond donors (Lipinski definition) is 2. The molecule has 126 valence electrons. The summed E-state index contributed by atoms with van der Waals surface area (Å²) in [6, 6.07) is 0.191. The van der Waals surface area contributed by atoms with Crippen molar-refractivity contribution in [2.24, 2.45) is 17.8 Å². The van der Waals surface area contributed by atoms with Crippen LogP contribution in [0, 0.1) is 24.7 Å². The number of carbonyl (C=O) groups is 1. The van der Waals surface area contributed by atoms with Gasteiger partial charge in [0.25, 0.3) is 5.91 Å². The lowest BCUT2D eigenvalue weighted by atomic mass is 9.52. The molecule has 1 aromatic rings. The van der Waals surface area contributed by atoms with E-state index in [0.29, 0.717) is 35.1 Å². The standard InChI is InChI=1S/C17H24N2O3S/c1-3-22-16-14(23-9(2)18-16)15(20)19-13-11-4-10-5-12(13)8-17(21,6-10)7-11/h10-13,21H,3-8H2,1-2H3,(H,19,20). The molecule has 0 aromatic carbocycles. The van der Waals surface area contributed by atoms with Crippen LogP contribution >= 0.6 is 11.3 Å². The maximum Gasteiger partial charge on any atom is 0.267 e. The first-order chi connectivity index (χ1) is 11.0. The van der Waals surface area contributed by atoms with Crippen LogP contribution in [0.15, 0.2) is 0 Å². The van der Waals surface area contributed by atoms with Crippen LogP contribution in [-0.2, 0) is 0 Å². The van der Waals surface area contributed by atoms with Gasteiger partial charge in [-0.15, -0.1) is 11.3 Å². The second-order valence-corrected chi connectivity index (χ2v) is 8.70. The summed E-state index contributed by atoms with van der Waals surface area (Å²) in [5, 5.41) is 14.7. The van der Waals surface area contributed by atoms with Crippen molar-refractivity contribution >= 4 is 17.2 Å². The van der Waals surface area contributed by atoms with E-state index >= 15 is 0 Å². The number of aryl methyl sites for hydroxylation is 1. The molecule has 4 aliphatic rings. The molecule has 4 aliphatic carbocycles. The van der Waals surface area contributed by atoms with Crippen LogP contribution in [0.2, 0.25) is 0 Å². The highest BCUT2D eigenvalue weighted by molar-refractivity contribution is 7.13. The molecular weight excluding hydrogens is 312 g/mol. The third-order valence-electron chi connectivity index (χ3n) is 5.73. The number of aromatic nitrogens is 1. The second-order valence-electron chi connectivity index (χ2n) is 7.49. The molecule has 0 saturated heterocycles. The summed E-state index contributed by atoms with van der Waals surface area (Å²) in [5.41, 5.74) is -0.463. The Kier molecular flexibility index (Phi) is 3.65. The number of ether oxygens (including phenoxy) is 1. The van der Waals surface area contributed by atoms with E-state index in [-0.39, 0.29) is 11.9 Å². The molecule has 1 heterocycles. The van der Waals surface area contributed by atoms with E-state index in [1.807, 2.05) is 13.8 Å². The van der Waals surface area contributed by atoms with Gasteiger partial charge in [-0.25, -0.2) is 4.98 Å². The summed E-state index contributed by atoms with van der Waals surface area (Å²) < 4.78 is 5.50. The fourth-order valence-electron chi connectivity index (χ4n) is 5.22. The highest BCUT2D eigenvalue weighted by Crippen LogP contribution is 2.55. The van der Waals surface area contributed by atoms with E-state index in [4.69, 9.17) is 4.74 Å². The monoisotopic (exact) mass is 336 g/mol. The Morgan fingerprint density at radius 3 is 2.70 bits per heavy atom. The molecule has 4 fully saturated rings. The van der Waals surface area contributed by atoms with Crippen LogP contribution in [0.4, 0.5) is 0 Å². The minimum atomic E-state index is -0.463. The van der Waals surface area contributed by atoms with Crippen LogP contribution in [0.1, 0.15) is 53.7 Å². The number of nitrogens with one attached hydrogen (secondary N) is 1. The lowest BCUT2D eigenvalue weighted by Crippen LogP contribution is -2.61. The predicted octanol–water partition coefficient (Wildman–Crippen LogP) is 2.52. The average Bonchev–Trinajstić information content (AvgIpc) is 2.82. The molecule has 0 radical (unpaired) electrons. The fraction of sp³-hybridized carbons (Fsp3) is 0.765. The van der Waals surface area contributed by atoms with E-state index in [0.717, 1.165) is 37.1 Å². The summed E-state index contributed by atoms with van der Waals surface area (Å²) in [5.74, 6) is 1.87. The maximum absolute atomic E-state index is 12.7. The molecule has 2 N–H and O–H groups in total. The Morgan fingerprint density at radius 2 is 2.09 bits per heavy atom. The molecule has 0 spiro atoms. The van der Waals surface area contributed by atoms with Gasteiger partial charge in [0.2, 0.25) is 5.88 Å². The largest absolute Gasteiger partial charge is 0.477 e. The highest BCUT2D eigenvalue weighted by Gasteiger charge is 2.55. The number of rotatable bonds is 4. The number of aliphatic hydroxyl groups is 1. The molecule has 2 atom stereocenters. The van der Waals surface area contributed by atoms with Gasteiger partial charge < -0.3 is 15.2 Å². The fourth-order valence-corrected chi connectivity index (χ4v) is 5.99. The predicted molar refractivity (Wildman–Crippen MR) is 87.8 cm³/mol. The molecule has 1 aromatic heterocycles. The smallest absolute Gasteiger partial charge is 0.267 e. The third-order valence-corrected chi connectivity index (χ3v) is 6.68. The molecule has 1 amide bonds. The first-order valence-electron chi connectivity index (χ1n) is 8.61. The topological polar surface area (TPSA) is 71.5 Å². The summed E-state index contributed by atoms with van der Waals surface area (Å²) in [7, 11) is 0. The Labute approximate surface area is 140 Å². The third kappa shape index (κ3) is 2.66. The number of carbonyl (C=O) groups excluding carboxylic acids is 1. The Balaban J connectivity index is 1.51.